The van der Waals surface area contributed by atoms with Gasteiger partial charge in [-0.1, -0.05) is 13.0 Å². The summed E-state index contributed by atoms with van der Waals surface area (Å²) < 4.78 is 1.59. The fourth-order valence-corrected chi connectivity index (χ4v) is 5.58. The molecular formula is C28H35N7O3. The van der Waals surface area contributed by atoms with E-state index in [9.17, 15) is 14.4 Å². The van der Waals surface area contributed by atoms with Crippen molar-refractivity contribution in [2.24, 2.45) is 5.41 Å². The summed E-state index contributed by atoms with van der Waals surface area (Å²) in [5.74, 6) is 0.259. The molecule has 1 N–H and O–H groups in total. The number of likely N-dealkylation sites (tertiary alicyclic amines) is 1. The van der Waals surface area contributed by atoms with Crippen molar-refractivity contribution >= 4 is 28.5 Å². The molecule has 0 radical (unpaired) electrons. The predicted molar refractivity (Wildman–Crippen MR) is 143 cm³/mol. The summed E-state index contributed by atoms with van der Waals surface area (Å²) in [7, 11) is 4.00. The minimum Gasteiger partial charge on any atom is -0.354 e. The molecule has 0 spiro atoms. The van der Waals surface area contributed by atoms with Gasteiger partial charge in [-0.3, -0.25) is 19.1 Å². The third-order valence-electron chi connectivity index (χ3n) is 7.79. The highest BCUT2D eigenvalue weighted by Crippen LogP contribution is 2.59. The standard InChI is InChI=1S/C28H35N7O3/c1-17(36)26-21-11-19(20-14-30-18(2)31-15-20)7-8-22(21)34(32-26)16-25(37)35-23(12-28(3)13-24(28)35)27(38)29-9-6-10-33(4)5/h7-8,11,14-15,23-24H,6,9-10,12-13,16H2,1-5H3,(H,29,38)/t23-,24+,28-/m0/s1. The molecule has 1 saturated carbocycles. The second-order valence-corrected chi connectivity index (χ2v) is 11.2. The first kappa shape index (κ1) is 26.0. The number of piperidine rings is 1. The normalized spacial score (nSPS) is 22.1. The highest BCUT2D eigenvalue weighted by Gasteiger charge is 2.64. The van der Waals surface area contributed by atoms with E-state index in [1.807, 2.05) is 39.2 Å². The molecule has 10 heteroatoms. The Hall–Kier alpha value is -3.66. The molecule has 0 unspecified atom stereocenters. The lowest BCUT2D eigenvalue weighted by atomic mass is 10.0. The molecule has 1 aromatic carbocycles. The van der Waals surface area contributed by atoms with Crippen molar-refractivity contribution in [3.05, 3.63) is 42.1 Å². The summed E-state index contributed by atoms with van der Waals surface area (Å²) in [6.45, 7) is 6.88. The van der Waals surface area contributed by atoms with Gasteiger partial charge in [0.05, 0.1) is 5.52 Å². The molecule has 10 nitrogen and oxygen atoms in total. The van der Waals surface area contributed by atoms with Crippen LogP contribution in [0.5, 0.6) is 0 Å². The van der Waals surface area contributed by atoms with E-state index in [0.717, 1.165) is 30.5 Å². The van der Waals surface area contributed by atoms with Crippen molar-refractivity contribution in [2.45, 2.75) is 58.7 Å². The highest BCUT2D eigenvalue weighted by molar-refractivity contribution is 6.06. The van der Waals surface area contributed by atoms with Crippen LogP contribution in [0.4, 0.5) is 0 Å². The van der Waals surface area contributed by atoms with Crippen molar-refractivity contribution in [1.29, 1.82) is 0 Å². The molecule has 2 aliphatic rings. The Balaban J connectivity index is 1.38. The summed E-state index contributed by atoms with van der Waals surface area (Å²) in [4.78, 5) is 51.6. The van der Waals surface area contributed by atoms with Crippen molar-refractivity contribution in [3.63, 3.8) is 0 Å². The van der Waals surface area contributed by atoms with E-state index in [1.165, 1.54) is 6.92 Å². The molecule has 1 saturated heterocycles. The van der Waals surface area contributed by atoms with Crippen LogP contribution in [-0.2, 0) is 16.1 Å². The topological polar surface area (TPSA) is 113 Å². The molecule has 38 heavy (non-hydrogen) atoms. The van der Waals surface area contributed by atoms with E-state index in [-0.39, 0.29) is 35.6 Å². The Morgan fingerprint density at radius 1 is 1.13 bits per heavy atom. The van der Waals surface area contributed by atoms with Gasteiger partial charge in [-0.05, 0) is 69.9 Å². The Kier molecular flexibility index (Phi) is 6.77. The number of aromatic nitrogens is 4. The van der Waals surface area contributed by atoms with E-state index in [1.54, 1.807) is 22.0 Å². The fourth-order valence-electron chi connectivity index (χ4n) is 5.58. The number of rotatable bonds is 9. The van der Waals surface area contributed by atoms with Gasteiger partial charge < -0.3 is 15.1 Å². The maximum atomic E-state index is 13.6. The average Bonchev–Trinajstić information content (AvgIpc) is 3.24. The van der Waals surface area contributed by atoms with Gasteiger partial charge in [0.15, 0.2) is 5.78 Å². The second kappa shape index (κ2) is 9.90. The number of hydrogen-bond donors (Lipinski definition) is 1. The molecule has 200 valence electrons. The number of aryl methyl sites for hydroxylation is 1. The van der Waals surface area contributed by atoms with Gasteiger partial charge in [0, 0.05) is 42.9 Å². The molecule has 3 atom stereocenters. The van der Waals surface area contributed by atoms with Gasteiger partial charge in [-0.25, -0.2) is 9.97 Å². The number of hydrogen-bond acceptors (Lipinski definition) is 7. The van der Waals surface area contributed by atoms with Gasteiger partial charge in [-0.2, -0.15) is 5.10 Å². The number of nitrogens with zero attached hydrogens (tertiary/aromatic N) is 6. The Morgan fingerprint density at radius 3 is 2.55 bits per heavy atom. The van der Waals surface area contributed by atoms with E-state index < -0.39 is 6.04 Å². The molecule has 1 aliphatic heterocycles. The monoisotopic (exact) mass is 517 g/mol. The van der Waals surface area contributed by atoms with Crippen LogP contribution in [0.3, 0.4) is 0 Å². The quantitative estimate of drug-likeness (QED) is 0.343. The zero-order valence-corrected chi connectivity index (χ0v) is 22.7. The average molecular weight is 518 g/mol. The lowest BCUT2D eigenvalue weighted by molar-refractivity contribution is -0.140. The largest absolute Gasteiger partial charge is 0.354 e. The number of ketones is 1. The van der Waals surface area contributed by atoms with Crippen molar-refractivity contribution in [2.75, 3.05) is 27.2 Å². The van der Waals surface area contributed by atoms with Crippen LogP contribution in [0.2, 0.25) is 0 Å². The molecular weight excluding hydrogens is 482 g/mol. The van der Waals surface area contributed by atoms with Crippen LogP contribution in [-0.4, -0.2) is 86.4 Å². The molecule has 2 fully saturated rings. The third-order valence-corrected chi connectivity index (χ3v) is 7.79. The van der Waals surface area contributed by atoms with Crippen LogP contribution >= 0.6 is 0 Å². The summed E-state index contributed by atoms with van der Waals surface area (Å²) in [5.41, 5.74) is 2.70. The number of carbonyl (C=O) groups excluding carboxylic acids is 3. The Morgan fingerprint density at radius 2 is 1.87 bits per heavy atom. The van der Waals surface area contributed by atoms with Crippen LogP contribution < -0.4 is 5.32 Å². The summed E-state index contributed by atoms with van der Waals surface area (Å²) in [6, 6.07) is 5.27. The van der Waals surface area contributed by atoms with E-state index in [0.29, 0.717) is 35.4 Å². The number of nitrogens with one attached hydrogen (secondary N) is 1. The molecule has 2 amide bonds. The Labute approximate surface area is 222 Å². The highest BCUT2D eigenvalue weighted by atomic mass is 16.2. The minimum atomic E-state index is -0.479. The summed E-state index contributed by atoms with van der Waals surface area (Å²) in [5, 5.41) is 8.24. The van der Waals surface area contributed by atoms with Crippen molar-refractivity contribution < 1.29 is 14.4 Å². The third kappa shape index (κ3) is 4.92. The van der Waals surface area contributed by atoms with Gasteiger partial charge in [0.25, 0.3) is 0 Å². The second-order valence-electron chi connectivity index (χ2n) is 11.2. The van der Waals surface area contributed by atoms with Crippen LogP contribution in [0.15, 0.2) is 30.6 Å². The maximum absolute atomic E-state index is 13.6. The van der Waals surface area contributed by atoms with Gasteiger partial charge in [0.2, 0.25) is 11.8 Å². The van der Waals surface area contributed by atoms with Gasteiger partial charge in [0.1, 0.15) is 24.1 Å². The van der Waals surface area contributed by atoms with Crippen LogP contribution in [0, 0.1) is 12.3 Å². The molecule has 3 heterocycles. The van der Waals surface area contributed by atoms with Crippen molar-refractivity contribution in [3.8, 4) is 11.1 Å². The zero-order chi connectivity index (χ0) is 27.2. The number of Topliss-reactive ketones (excluding diaryl/α,β-unsaturated/α-hetero) is 1. The lowest BCUT2D eigenvalue weighted by Crippen LogP contribution is -2.49. The van der Waals surface area contributed by atoms with E-state index >= 15 is 0 Å². The Bertz CT molecular complexity index is 1400. The predicted octanol–water partition coefficient (Wildman–Crippen LogP) is 2.45. The molecule has 1 aliphatic carbocycles. The summed E-state index contributed by atoms with van der Waals surface area (Å²) >= 11 is 0. The first-order valence-corrected chi connectivity index (χ1v) is 13.1. The smallest absolute Gasteiger partial charge is 0.245 e. The first-order valence-electron chi connectivity index (χ1n) is 13.1. The van der Waals surface area contributed by atoms with Crippen molar-refractivity contribution in [1.82, 2.24) is 34.9 Å². The number of fused-ring (bicyclic) bond motifs is 2. The molecule has 0 bridgehead atoms. The number of amides is 2. The zero-order valence-electron chi connectivity index (χ0n) is 22.7. The van der Waals surface area contributed by atoms with Crippen LogP contribution in [0.1, 0.15) is 49.4 Å². The van der Waals surface area contributed by atoms with E-state index in [4.69, 9.17) is 0 Å². The van der Waals surface area contributed by atoms with Gasteiger partial charge >= 0.3 is 0 Å². The number of benzene rings is 1. The molecule has 5 rings (SSSR count). The maximum Gasteiger partial charge on any atom is 0.245 e. The SMILES string of the molecule is CC(=O)c1nn(CC(=O)N2[C@H](C(=O)NCCCN(C)C)C[C@@]3(C)C[C@@H]23)c2ccc(-c3cnc(C)nc3)cc12. The minimum absolute atomic E-state index is 0.0109. The molecule has 3 aromatic rings. The number of carbonyl (C=O) groups is 3. The lowest BCUT2D eigenvalue weighted by Gasteiger charge is -2.27. The molecule has 2 aromatic heterocycles. The first-order chi connectivity index (χ1) is 18.1. The fraction of sp³-hybridized carbons (Fsp3) is 0.500. The van der Waals surface area contributed by atoms with E-state index in [2.05, 4.69) is 32.2 Å². The van der Waals surface area contributed by atoms with Gasteiger partial charge in [-0.15, -0.1) is 0 Å². The summed E-state index contributed by atoms with van der Waals surface area (Å²) in [6.07, 6.45) is 5.92. The van der Waals surface area contributed by atoms with Crippen LogP contribution in [0.25, 0.3) is 22.0 Å².